The lowest BCUT2D eigenvalue weighted by atomic mass is 9.78. The normalized spacial score (nSPS) is 24.3. The highest BCUT2D eigenvalue weighted by Gasteiger charge is 2.31. The summed E-state index contributed by atoms with van der Waals surface area (Å²) in [7, 11) is 4.06. The summed E-state index contributed by atoms with van der Waals surface area (Å²) in [4.78, 5) is 9.24. The van der Waals surface area contributed by atoms with Gasteiger partial charge in [0.1, 0.15) is 0 Å². The maximum atomic E-state index is 4.47. The molecule has 4 heteroatoms. The third kappa shape index (κ3) is 5.31. The number of hydrogen-bond acceptors (Lipinski definition) is 2. The Hall–Kier alpha value is -0.770. The van der Waals surface area contributed by atoms with Crippen molar-refractivity contribution in [2.75, 3.05) is 46.8 Å². The number of aliphatic imine (C=N–C) groups is 1. The van der Waals surface area contributed by atoms with Gasteiger partial charge in [-0.25, -0.2) is 0 Å². The van der Waals surface area contributed by atoms with Crippen LogP contribution >= 0.6 is 0 Å². The Morgan fingerprint density at radius 3 is 2.75 bits per heavy atom. The van der Waals surface area contributed by atoms with E-state index in [1.165, 1.54) is 25.7 Å². The van der Waals surface area contributed by atoms with Gasteiger partial charge < -0.3 is 15.1 Å². The molecule has 1 fully saturated rings. The second-order valence-electron chi connectivity index (χ2n) is 6.46. The van der Waals surface area contributed by atoms with E-state index in [1.807, 2.05) is 7.05 Å². The van der Waals surface area contributed by atoms with Crippen molar-refractivity contribution in [1.82, 2.24) is 15.1 Å². The van der Waals surface area contributed by atoms with E-state index in [-0.39, 0.29) is 0 Å². The summed E-state index contributed by atoms with van der Waals surface area (Å²) in [6.07, 6.45) is 5.23. The molecule has 118 valence electrons. The molecule has 0 saturated carbocycles. The Bertz CT molecular complexity index is 299. The lowest BCUT2D eigenvalue weighted by Crippen LogP contribution is -2.50. The molecular formula is C16H34N4. The van der Waals surface area contributed by atoms with Gasteiger partial charge in [0.15, 0.2) is 5.96 Å². The molecule has 1 heterocycles. The molecule has 0 radical (unpaired) electrons. The molecule has 1 rings (SSSR count). The maximum Gasteiger partial charge on any atom is 0.193 e. The van der Waals surface area contributed by atoms with Crippen LogP contribution in [-0.2, 0) is 0 Å². The van der Waals surface area contributed by atoms with Gasteiger partial charge >= 0.3 is 0 Å². The van der Waals surface area contributed by atoms with Crippen LogP contribution in [0.2, 0.25) is 0 Å². The van der Waals surface area contributed by atoms with Gasteiger partial charge in [0.2, 0.25) is 0 Å². The number of likely N-dealkylation sites (tertiary alicyclic amines) is 1. The first-order chi connectivity index (χ1) is 9.54. The summed E-state index contributed by atoms with van der Waals surface area (Å²) < 4.78 is 0. The highest BCUT2D eigenvalue weighted by atomic mass is 15.3. The number of piperidine rings is 1. The molecule has 20 heavy (non-hydrogen) atoms. The van der Waals surface area contributed by atoms with Crippen LogP contribution in [0.5, 0.6) is 0 Å². The number of guanidine groups is 1. The molecule has 0 aromatic carbocycles. The van der Waals surface area contributed by atoms with Crippen molar-refractivity contribution >= 4 is 5.96 Å². The summed E-state index contributed by atoms with van der Waals surface area (Å²) in [6, 6.07) is 0. The minimum Gasteiger partial charge on any atom is -0.355 e. The fourth-order valence-electron chi connectivity index (χ4n) is 3.15. The largest absolute Gasteiger partial charge is 0.355 e. The van der Waals surface area contributed by atoms with Crippen LogP contribution in [0.25, 0.3) is 0 Å². The third-order valence-electron chi connectivity index (χ3n) is 4.46. The van der Waals surface area contributed by atoms with Crippen LogP contribution < -0.4 is 5.32 Å². The molecule has 1 aliphatic heterocycles. The molecule has 1 saturated heterocycles. The number of likely N-dealkylation sites (N-methyl/N-ethyl adjacent to an activating group) is 1. The monoisotopic (exact) mass is 282 g/mol. The predicted octanol–water partition coefficient (Wildman–Crippen LogP) is 2.42. The first kappa shape index (κ1) is 17.3. The summed E-state index contributed by atoms with van der Waals surface area (Å²) in [6.45, 7) is 12.3. The lowest BCUT2D eigenvalue weighted by molar-refractivity contribution is 0.142. The fraction of sp³-hybridized carbons (Fsp3) is 0.938. The van der Waals surface area contributed by atoms with Crippen molar-refractivity contribution in [1.29, 1.82) is 0 Å². The van der Waals surface area contributed by atoms with E-state index in [4.69, 9.17) is 0 Å². The molecule has 0 bridgehead atoms. The van der Waals surface area contributed by atoms with Crippen LogP contribution in [0.1, 0.15) is 46.5 Å². The van der Waals surface area contributed by atoms with E-state index in [0.29, 0.717) is 5.41 Å². The van der Waals surface area contributed by atoms with Gasteiger partial charge in [0, 0.05) is 33.2 Å². The van der Waals surface area contributed by atoms with Crippen LogP contribution in [0.3, 0.4) is 0 Å². The third-order valence-corrected chi connectivity index (χ3v) is 4.46. The van der Waals surface area contributed by atoms with Gasteiger partial charge in [-0.1, -0.05) is 27.2 Å². The van der Waals surface area contributed by atoms with E-state index in [2.05, 4.69) is 47.9 Å². The smallest absolute Gasteiger partial charge is 0.193 e. The van der Waals surface area contributed by atoms with E-state index >= 15 is 0 Å². The van der Waals surface area contributed by atoms with Crippen LogP contribution in [0, 0.1) is 5.41 Å². The van der Waals surface area contributed by atoms with Crippen molar-refractivity contribution in [3.63, 3.8) is 0 Å². The molecule has 0 aromatic heterocycles. The van der Waals surface area contributed by atoms with E-state index in [0.717, 1.165) is 38.7 Å². The number of hydrogen-bond donors (Lipinski definition) is 1. The first-order valence-corrected chi connectivity index (χ1v) is 8.18. The van der Waals surface area contributed by atoms with Gasteiger partial charge in [0.05, 0.1) is 0 Å². The summed E-state index contributed by atoms with van der Waals surface area (Å²) in [5.74, 6) is 1.08. The zero-order valence-corrected chi connectivity index (χ0v) is 14.2. The van der Waals surface area contributed by atoms with Crippen LogP contribution in [0.4, 0.5) is 0 Å². The highest BCUT2D eigenvalue weighted by molar-refractivity contribution is 5.80. The second kappa shape index (κ2) is 8.50. The average molecular weight is 282 g/mol. The van der Waals surface area contributed by atoms with E-state index < -0.39 is 0 Å². The molecule has 1 atom stereocenters. The van der Waals surface area contributed by atoms with Crippen LogP contribution in [0.15, 0.2) is 4.99 Å². The standard InChI is InChI=1S/C16H34N4/c1-6-9-16(3)10-8-12-20(14-16)15(17-4)18-11-13-19(5)7-2/h6-14H2,1-5H3,(H,17,18). The molecule has 1 unspecified atom stereocenters. The quantitative estimate of drug-likeness (QED) is 0.599. The van der Waals surface area contributed by atoms with Crippen molar-refractivity contribution in [3.05, 3.63) is 0 Å². The zero-order chi connectivity index (χ0) is 15.0. The molecule has 0 aromatic rings. The summed E-state index contributed by atoms with van der Waals surface area (Å²) in [5, 5.41) is 3.52. The SMILES string of the molecule is CCCC1(C)CCCN(C(=NC)NCCN(C)CC)C1. The Morgan fingerprint density at radius 1 is 1.40 bits per heavy atom. The number of rotatable bonds is 6. The molecule has 0 amide bonds. The maximum absolute atomic E-state index is 4.47. The first-order valence-electron chi connectivity index (χ1n) is 8.18. The molecule has 0 aliphatic carbocycles. The molecule has 0 spiro atoms. The second-order valence-corrected chi connectivity index (χ2v) is 6.46. The highest BCUT2D eigenvalue weighted by Crippen LogP contribution is 2.33. The minimum atomic E-state index is 0.463. The Labute approximate surface area is 125 Å². The van der Waals surface area contributed by atoms with Gasteiger partial charge in [-0.15, -0.1) is 0 Å². The van der Waals surface area contributed by atoms with Crippen molar-refractivity contribution in [3.8, 4) is 0 Å². The fourth-order valence-corrected chi connectivity index (χ4v) is 3.15. The van der Waals surface area contributed by atoms with Gasteiger partial charge in [0.25, 0.3) is 0 Å². The zero-order valence-electron chi connectivity index (χ0n) is 14.2. The molecular weight excluding hydrogens is 248 g/mol. The summed E-state index contributed by atoms with van der Waals surface area (Å²) >= 11 is 0. The van der Waals surface area contributed by atoms with Crippen molar-refractivity contribution < 1.29 is 0 Å². The Morgan fingerprint density at radius 2 is 2.15 bits per heavy atom. The summed E-state index contributed by atoms with van der Waals surface area (Å²) in [5.41, 5.74) is 0.463. The molecule has 1 aliphatic rings. The lowest BCUT2D eigenvalue weighted by Gasteiger charge is -2.42. The topological polar surface area (TPSA) is 30.9 Å². The van der Waals surface area contributed by atoms with Crippen molar-refractivity contribution in [2.24, 2.45) is 10.4 Å². The van der Waals surface area contributed by atoms with E-state index in [9.17, 15) is 0 Å². The van der Waals surface area contributed by atoms with Crippen molar-refractivity contribution in [2.45, 2.75) is 46.5 Å². The Balaban J connectivity index is 2.48. The Kier molecular flexibility index (Phi) is 7.35. The number of nitrogens with one attached hydrogen (secondary N) is 1. The van der Waals surface area contributed by atoms with E-state index in [1.54, 1.807) is 0 Å². The predicted molar refractivity (Wildman–Crippen MR) is 88.4 cm³/mol. The van der Waals surface area contributed by atoms with Crippen LogP contribution in [-0.4, -0.2) is 62.6 Å². The minimum absolute atomic E-state index is 0.463. The number of nitrogens with zero attached hydrogens (tertiary/aromatic N) is 3. The van der Waals surface area contributed by atoms with Gasteiger partial charge in [-0.05, 0) is 38.3 Å². The molecule has 4 nitrogen and oxygen atoms in total. The average Bonchev–Trinajstić information content (AvgIpc) is 2.43. The van der Waals surface area contributed by atoms with Gasteiger partial charge in [-0.3, -0.25) is 4.99 Å². The molecule has 1 N–H and O–H groups in total. The van der Waals surface area contributed by atoms with Gasteiger partial charge in [-0.2, -0.15) is 0 Å².